The van der Waals surface area contributed by atoms with Crippen molar-refractivity contribution in [2.24, 2.45) is 0 Å². The zero-order chi connectivity index (χ0) is 17.6. The van der Waals surface area contributed by atoms with Crippen LogP contribution in [0.15, 0.2) is 66.9 Å². The molecule has 0 atom stereocenters. The van der Waals surface area contributed by atoms with E-state index in [-0.39, 0.29) is 5.91 Å². The summed E-state index contributed by atoms with van der Waals surface area (Å²) in [6, 6.07) is 18.9. The number of methoxy groups -OCH3 is 1. The molecule has 0 spiro atoms. The lowest BCUT2D eigenvalue weighted by Crippen LogP contribution is -2.14. The molecule has 0 saturated heterocycles. The first kappa shape index (κ1) is 16.5. The molecule has 5 heteroatoms. The fourth-order valence-electron chi connectivity index (χ4n) is 2.43. The number of pyridine rings is 1. The second-order valence-corrected chi connectivity index (χ2v) is 5.58. The zero-order valence-electron chi connectivity index (χ0n) is 14.1. The summed E-state index contributed by atoms with van der Waals surface area (Å²) in [5.74, 6) is 0.318. The third-order valence-electron chi connectivity index (χ3n) is 3.66. The number of aromatic nitrogens is 1. The molecule has 5 nitrogen and oxygen atoms in total. The third kappa shape index (κ3) is 4.14. The third-order valence-corrected chi connectivity index (χ3v) is 3.66. The first-order valence-electron chi connectivity index (χ1n) is 7.90. The second kappa shape index (κ2) is 7.49. The van der Waals surface area contributed by atoms with Gasteiger partial charge in [-0.25, -0.2) is 0 Å². The van der Waals surface area contributed by atoms with Crippen LogP contribution in [0.4, 0.5) is 17.1 Å². The van der Waals surface area contributed by atoms with Crippen molar-refractivity contribution in [2.75, 3.05) is 17.7 Å². The maximum absolute atomic E-state index is 12.5. The van der Waals surface area contributed by atoms with Crippen molar-refractivity contribution in [2.45, 2.75) is 6.92 Å². The second-order valence-electron chi connectivity index (χ2n) is 5.58. The maximum Gasteiger partial charge on any atom is 0.274 e. The van der Waals surface area contributed by atoms with E-state index in [4.69, 9.17) is 4.74 Å². The monoisotopic (exact) mass is 333 g/mol. The summed E-state index contributed by atoms with van der Waals surface area (Å²) in [4.78, 5) is 16.7. The fourth-order valence-corrected chi connectivity index (χ4v) is 2.43. The minimum atomic E-state index is -0.291. The van der Waals surface area contributed by atoms with E-state index in [2.05, 4.69) is 15.6 Å². The van der Waals surface area contributed by atoms with Crippen molar-refractivity contribution in [3.63, 3.8) is 0 Å². The van der Waals surface area contributed by atoms with Crippen LogP contribution < -0.4 is 15.4 Å². The molecule has 0 aliphatic heterocycles. The van der Waals surface area contributed by atoms with E-state index in [9.17, 15) is 4.79 Å². The minimum absolute atomic E-state index is 0.291. The standard InChI is InChI=1S/C20H19N3O2/c1-14-8-9-19(25-2)17(12-14)23-20(24)18-13-16(10-11-21-18)22-15-6-4-3-5-7-15/h3-13H,1-2H3,(H,21,22)(H,23,24). The van der Waals surface area contributed by atoms with E-state index in [1.165, 1.54) is 0 Å². The molecule has 0 saturated carbocycles. The van der Waals surface area contributed by atoms with Gasteiger partial charge in [0, 0.05) is 17.6 Å². The Morgan fingerprint density at radius 1 is 1.00 bits per heavy atom. The molecule has 2 aromatic carbocycles. The van der Waals surface area contributed by atoms with Gasteiger partial charge in [0.1, 0.15) is 11.4 Å². The van der Waals surface area contributed by atoms with Gasteiger partial charge >= 0.3 is 0 Å². The quantitative estimate of drug-likeness (QED) is 0.727. The molecule has 0 aliphatic rings. The predicted octanol–water partition coefficient (Wildman–Crippen LogP) is 4.39. The van der Waals surface area contributed by atoms with Crippen molar-refractivity contribution >= 4 is 23.0 Å². The van der Waals surface area contributed by atoms with Crippen LogP contribution in [0.25, 0.3) is 0 Å². The van der Waals surface area contributed by atoms with Crippen LogP contribution in [0, 0.1) is 6.92 Å². The highest BCUT2D eigenvalue weighted by molar-refractivity contribution is 6.04. The van der Waals surface area contributed by atoms with Gasteiger partial charge in [-0.3, -0.25) is 9.78 Å². The van der Waals surface area contributed by atoms with E-state index in [0.29, 0.717) is 17.1 Å². The van der Waals surface area contributed by atoms with E-state index in [1.807, 2.05) is 61.5 Å². The highest BCUT2D eigenvalue weighted by atomic mass is 16.5. The van der Waals surface area contributed by atoms with E-state index in [1.54, 1.807) is 19.4 Å². The Morgan fingerprint density at radius 3 is 2.56 bits per heavy atom. The summed E-state index contributed by atoms with van der Waals surface area (Å²) < 4.78 is 5.29. The van der Waals surface area contributed by atoms with Gasteiger partial charge in [0.25, 0.3) is 5.91 Å². The molecule has 0 unspecified atom stereocenters. The SMILES string of the molecule is COc1ccc(C)cc1NC(=O)c1cc(Nc2ccccc2)ccn1. The summed E-state index contributed by atoms with van der Waals surface area (Å²) in [7, 11) is 1.57. The molecule has 0 radical (unpaired) electrons. The maximum atomic E-state index is 12.5. The van der Waals surface area contributed by atoms with Crippen LogP contribution in [0.5, 0.6) is 5.75 Å². The Balaban J connectivity index is 1.79. The van der Waals surface area contributed by atoms with Gasteiger partial charge in [0.2, 0.25) is 0 Å². The van der Waals surface area contributed by atoms with Crippen molar-refractivity contribution in [1.82, 2.24) is 4.98 Å². The molecule has 1 amide bonds. The van der Waals surface area contributed by atoms with Crippen LogP contribution in [0.2, 0.25) is 0 Å². The van der Waals surface area contributed by atoms with E-state index in [0.717, 1.165) is 16.9 Å². The average Bonchev–Trinajstić information content (AvgIpc) is 2.63. The van der Waals surface area contributed by atoms with Gasteiger partial charge in [-0.15, -0.1) is 0 Å². The molecule has 0 fully saturated rings. The van der Waals surface area contributed by atoms with Crippen LogP contribution in [-0.2, 0) is 0 Å². The Hall–Kier alpha value is -3.34. The molecule has 25 heavy (non-hydrogen) atoms. The number of carbonyl (C=O) groups is 1. The number of carbonyl (C=O) groups excluding carboxylic acids is 1. The topological polar surface area (TPSA) is 63.2 Å². The Kier molecular flexibility index (Phi) is 4.95. The molecule has 3 rings (SSSR count). The van der Waals surface area contributed by atoms with Crippen LogP contribution in [-0.4, -0.2) is 18.0 Å². The number of anilines is 3. The molecular formula is C20H19N3O2. The number of hydrogen-bond acceptors (Lipinski definition) is 4. The Morgan fingerprint density at radius 2 is 1.80 bits per heavy atom. The van der Waals surface area contributed by atoms with Gasteiger partial charge in [0.05, 0.1) is 12.8 Å². The number of ether oxygens (including phenoxy) is 1. The number of aryl methyl sites for hydroxylation is 1. The number of nitrogens with one attached hydrogen (secondary N) is 2. The summed E-state index contributed by atoms with van der Waals surface area (Å²) in [6.45, 7) is 1.96. The Bertz CT molecular complexity index is 879. The normalized spacial score (nSPS) is 10.2. The number of benzene rings is 2. The van der Waals surface area contributed by atoms with Crippen LogP contribution >= 0.6 is 0 Å². The predicted molar refractivity (Wildman–Crippen MR) is 99.6 cm³/mol. The highest BCUT2D eigenvalue weighted by Crippen LogP contribution is 2.26. The van der Waals surface area contributed by atoms with Gasteiger partial charge in [-0.1, -0.05) is 24.3 Å². The molecule has 0 aliphatic carbocycles. The van der Waals surface area contributed by atoms with Gasteiger partial charge in [0.15, 0.2) is 0 Å². The molecule has 1 heterocycles. The summed E-state index contributed by atoms with van der Waals surface area (Å²) in [6.07, 6.45) is 1.60. The zero-order valence-corrected chi connectivity index (χ0v) is 14.1. The number of rotatable bonds is 5. The van der Waals surface area contributed by atoms with Crippen LogP contribution in [0.3, 0.4) is 0 Å². The molecule has 126 valence electrons. The van der Waals surface area contributed by atoms with Crippen molar-refractivity contribution < 1.29 is 9.53 Å². The summed E-state index contributed by atoms with van der Waals surface area (Å²) in [5.41, 5.74) is 3.71. The number of nitrogens with zero attached hydrogens (tertiary/aromatic N) is 1. The van der Waals surface area contributed by atoms with Crippen LogP contribution in [0.1, 0.15) is 16.1 Å². The molecule has 1 aromatic heterocycles. The van der Waals surface area contributed by atoms with E-state index < -0.39 is 0 Å². The van der Waals surface area contributed by atoms with Crippen molar-refractivity contribution in [3.8, 4) is 5.75 Å². The first-order valence-corrected chi connectivity index (χ1v) is 7.90. The van der Waals surface area contributed by atoms with Gasteiger partial charge in [-0.05, 0) is 48.9 Å². The lowest BCUT2D eigenvalue weighted by molar-refractivity contribution is 0.102. The molecule has 2 N–H and O–H groups in total. The first-order chi connectivity index (χ1) is 12.2. The lowest BCUT2D eigenvalue weighted by Gasteiger charge is -2.11. The molecule has 3 aromatic rings. The largest absolute Gasteiger partial charge is 0.495 e. The Labute approximate surface area is 146 Å². The van der Waals surface area contributed by atoms with Crippen molar-refractivity contribution in [3.05, 3.63) is 78.1 Å². The van der Waals surface area contributed by atoms with E-state index >= 15 is 0 Å². The summed E-state index contributed by atoms with van der Waals surface area (Å²) in [5, 5.41) is 6.11. The molecular weight excluding hydrogens is 314 g/mol. The van der Waals surface area contributed by atoms with Gasteiger partial charge in [-0.2, -0.15) is 0 Å². The van der Waals surface area contributed by atoms with Crippen molar-refractivity contribution in [1.29, 1.82) is 0 Å². The molecule has 0 bridgehead atoms. The number of amides is 1. The average molecular weight is 333 g/mol. The smallest absolute Gasteiger partial charge is 0.274 e. The minimum Gasteiger partial charge on any atom is -0.495 e. The number of hydrogen-bond donors (Lipinski definition) is 2. The summed E-state index contributed by atoms with van der Waals surface area (Å²) >= 11 is 0. The van der Waals surface area contributed by atoms with Gasteiger partial charge < -0.3 is 15.4 Å². The lowest BCUT2D eigenvalue weighted by atomic mass is 10.2. The highest BCUT2D eigenvalue weighted by Gasteiger charge is 2.12. The fraction of sp³-hybridized carbons (Fsp3) is 0.100. The number of para-hydroxylation sites is 1.